The summed E-state index contributed by atoms with van der Waals surface area (Å²) >= 11 is 0. The van der Waals surface area contributed by atoms with Gasteiger partial charge in [0.1, 0.15) is 24.5 Å². The molecular formula is C27H26N2O3. The quantitative estimate of drug-likeness (QED) is 0.408. The van der Waals surface area contributed by atoms with Crippen LogP contribution in [0.15, 0.2) is 85.1 Å². The van der Waals surface area contributed by atoms with Gasteiger partial charge in [-0.05, 0) is 42.7 Å². The lowest BCUT2D eigenvalue weighted by Crippen LogP contribution is -2.30. The molecular weight excluding hydrogens is 400 g/mol. The van der Waals surface area contributed by atoms with Crippen LogP contribution >= 0.6 is 0 Å². The largest absolute Gasteiger partial charge is 0.491 e. The van der Waals surface area contributed by atoms with Gasteiger partial charge in [0.05, 0.1) is 0 Å². The van der Waals surface area contributed by atoms with Crippen LogP contribution in [-0.2, 0) is 17.8 Å². The first-order valence-electron chi connectivity index (χ1n) is 10.6. The van der Waals surface area contributed by atoms with Crippen LogP contribution in [0.3, 0.4) is 0 Å². The van der Waals surface area contributed by atoms with Gasteiger partial charge in [-0.15, -0.1) is 0 Å². The van der Waals surface area contributed by atoms with E-state index in [1.165, 1.54) is 0 Å². The van der Waals surface area contributed by atoms with Crippen molar-refractivity contribution < 1.29 is 14.3 Å². The predicted molar refractivity (Wildman–Crippen MR) is 126 cm³/mol. The van der Waals surface area contributed by atoms with E-state index < -0.39 is 5.97 Å². The Balaban J connectivity index is 1.56. The number of hydrogen-bond donors (Lipinski definition) is 1. The molecule has 0 aliphatic carbocycles. The van der Waals surface area contributed by atoms with E-state index in [1.54, 1.807) is 12.3 Å². The van der Waals surface area contributed by atoms with Gasteiger partial charge in [-0.2, -0.15) is 0 Å². The molecule has 0 aliphatic rings. The minimum Gasteiger partial charge on any atom is -0.491 e. The normalized spacial score (nSPS) is 11.8. The zero-order valence-electron chi connectivity index (χ0n) is 18.0. The molecule has 5 heteroatoms. The van der Waals surface area contributed by atoms with Crippen LogP contribution in [0.2, 0.25) is 0 Å². The molecule has 0 saturated carbocycles. The first kappa shape index (κ1) is 21.5. The zero-order valence-corrected chi connectivity index (χ0v) is 18.0. The van der Waals surface area contributed by atoms with Crippen molar-refractivity contribution in [1.82, 2.24) is 4.98 Å². The van der Waals surface area contributed by atoms with Gasteiger partial charge in [0, 0.05) is 28.7 Å². The Kier molecular flexibility index (Phi) is 6.78. The van der Waals surface area contributed by atoms with Crippen LogP contribution in [0.5, 0.6) is 5.75 Å². The highest BCUT2D eigenvalue weighted by Gasteiger charge is 2.20. The van der Waals surface area contributed by atoms with Crippen molar-refractivity contribution >= 4 is 16.7 Å². The van der Waals surface area contributed by atoms with Gasteiger partial charge < -0.3 is 15.2 Å². The second kappa shape index (κ2) is 10.1. The molecule has 1 unspecified atom stereocenters. The minimum atomic E-state index is -0.434. The molecule has 4 rings (SSSR count). The number of esters is 1. The summed E-state index contributed by atoms with van der Waals surface area (Å²) < 4.78 is 11.7. The fourth-order valence-electron chi connectivity index (χ4n) is 3.60. The van der Waals surface area contributed by atoms with Gasteiger partial charge in [-0.25, -0.2) is 4.79 Å². The van der Waals surface area contributed by atoms with E-state index in [9.17, 15) is 4.79 Å². The van der Waals surface area contributed by atoms with Gasteiger partial charge in [0.2, 0.25) is 0 Å². The second-order valence-corrected chi connectivity index (χ2v) is 7.81. The summed E-state index contributed by atoms with van der Waals surface area (Å²) in [4.78, 5) is 17.5. The van der Waals surface area contributed by atoms with Gasteiger partial charge >= 0.3 is 5.97 Å². The molecule has 0 aliphatic heterocycles. The lowest BCUT2D eigenvalue weighted by molar-refractivity contribution is 0.0470. The van der Waals surface area contributed by atoms with E-state index in [-0.39, 0.29) is 19.3 Å². The van der Waals surface area contributed by atoms with Crippen molar-refractivity contribution in [3.8, 4) is 5.75 Å². The van der Waals surface area contributed by atoms with E-state index in [1.807, 2.05) is 79.7 Å². The number of fused-ring (bicyclic) bond motifs is 1. The van der Waals surface area contributed by atoms with E-state index in [0.29, 0.717) is 17.7 Å². The standard InChI is InChI=1S/C27H26N2O3/c1-19-14-24-22(16-29-19)12-13-25(31-18-23(28)15-20-8-4-2-5-9-20)26(24)27(30)32-17-21-10-6-3-7-11-21/h2-14,16,23H,15,17-18,28H2,1H3. The maximum atomic E-state index is 13.1. The van der Waals surface area contributed by atoms with E-state index >= 15 is 0 Å². The highest BCUT2D eigenvalue weighted by atomic mass is 16.5. The minimum absolute atomic E-state index is 0.188. The highest BCUT2D eigenvalue weighted by molar-refractivity contribution is 6.07. The maximum Gasteiger partial charge on any atom is 0.342 e. The fourth-order valence-corrected chi connectivity index (χ4v) is 3.60. The Morgan fingerprint density at radius 3 is 2.38 bits per heavy atom. The molecule has 1 aromatic heterocycles. The second-order valence-electron chi connectivity index (χ2n) is 7.81. The molecule has 3 aromatic carbocycles. The fraction of sp³-hybridized carbons (Fsp3) is 0.185. The van der Waals surface area contributed by atoms with Crippen molar-refractivity contribution in [3.05, 3.63) is 107 Å². The first-order valence-corrected chi connectivity index (χ1v) is 10.6. The topological polar surface area (TPSA) is 74.4 Å². The Bertz CT molecular complexity index is 1190. The monoisotopic (exact) mass is 426 g/mol. The van der Waals surface area contributed by atoms with Gasteiger partial charge in [0.25, 0.3) is 0 Å². The lowest BCUT2D eigenvalue weighted by atomic mass is 10.0. The molecule has 0 amide bonds. The number of carbonyl (C=O) groups is 1. The molecule has 1 atom stereocenters. The number of carbonyl (C=O) groups excluding carboxylic acids is 1. The smallest absolute Gasteiger partial charge is 0.342 e. The summed E-state index contributed by atoms with van der Waals surface area (Å²) in [7, 11) is 0. The third-order valence-electron chi connectivity index (χ3n) is 5.21. The number of hydrogen-bond acceptors (Lipinski definition) is 5. The molecule has 1 heterocycles. The number of aromatic nitrogens is 1. The van der Waals surface area contributed by atoms with E-state index in [2.05, 4.69) is 4.98 Å². The number of rotatable bonds is 8. The summed E-state index contributed by atoms with van der Waals surface area (Å²) in [6.45, 7) is 2.36. The molecule has 0 bridgehead atoms. The average Bonchev–Trinajstić information content (AvgIpc) is 2.82. The van der Waals surface area contributed by atoms with Gasteiger partial charge in [0.15, 0.2) is 0 Å². The SMILES string of the molecule is Cc1cc2c(C(=O)OCc3ccccc3)c(OCC(N)Cc3ccccc3)ccc2cn1. The number of nitrogens with two attached hydrogens (primary N) is 1. The molecule has 0 radical (unpaired) electrons. The van der Waals surface area contributed by atoms with Crippen LogP contribution in [-0.4, -0.2) is 23.6 Å². The Morgan fingerprint density at radius 2 is 1.66 bits per heavy atom. The zero-order chi connectivity index (χ0) is 22.3. The number of aryl methyl sites for hydroxylation is 1. The van der Waals surface area contributed by atoms with E-state index in [4.69, 9.17) is 15.2 Å². The molecule has 4 aromatic rings. The Morgan fingerprint density at radius 1 is 0.969 bits per heavy atom. The van der Waals surface area contributed by atoms with Crippen LogP contribution in [0.4, 0.5) is 0 Å². The predicted octanol–water partition coefficient (Wildman–Crippen LogP) is 4.85. The van der Waals surface area contributed by atoms with Crippen molar-refractivity contribution in [2.75, 3.05) is 6.61 Å². The molecule has 162 valence electrons. The number of ether oxygens (including phenoxy) is 2. The molecule has 32 heavy (non-hydrogen) atoms. The van der Waals surface area contributed by atoms with Crippen LogP contribution in [0.1, 0.15) is 27.2 Å². The summed E-state index contributed by atoms with van der Waals surface area (Å²) in [5.74, 6) is 0.0290. The van der Waals surface area contributed by atoms with Crippen LogP contribution < -0.4 is 10.5 Å². The summed E-state index contributed by atoms with van der Waals surface area (Å²) in [6.07, 6.45) is 2.44. The Hall–Kier alpha value is -3.70. The first-order chi connectivity index (χ1) is 15.6. The van der Waals surface area contributed by atoms with Crippen molar-refractivity contribution in [2.45, 2.75) is 26.0 Å². The van der Waals surface area contributed by atoms with Crippen molar-refractivity contribution in [2.24, 2.45) is 5.73 Å². The third-order valence-corrected chi connectivity index (χ3v) is 5.21. The van der Waals surface area contributed by atoms with Crippen molar-refractivity contribution in [3.63, 3.8) is 0 Å². The molecule has 0 fully saturated rings. The maximum absolute atomic E-state index is 13.1. The molecule has 5 nitrogen and oxygen atoms in total. The van der Waals surface area contributed by atoms with Gasteiger partial charge in [-0.3, -0.25) is 4.98 Å². The third kappa shape index (κ3) is 5.31. The average molecular weight is 427 g/mol. The molecule has 2 N–H and O–H groups in total. The van der Waals surface area contributed by atoms with E-state index in [0.717, 1.165) is 27.6 Å². The number of benzene rings is 3. The molecule has 0 spiro atoms. The van der Waals surface area contributed by atoms with Crippen molar-refractivity contribution in [1.29, 1.82) is 0 Å². The van der Waals surface area contributed by atoms with Crippen LogP contribution in [0.25, 0.3) is 10.8 Å². The summed E-state index contributed by atoms with van der Waals surface area (Å²) in [5.41, 5.74) is 9.58. The van der Waals surface area contributed by atoms with Gasteiger partial charge in [-0.1, -0.05) is 60.7 Å². The number of pyridine rings is 1. The summed E-state index contributed by atoms with van der Waals surface area (Å²) in [5, 5.41) is 1.60. The Labute approximate surface area is 187 Å². The van der Waals surface area contributed by atoms with Crippen LogP contribution in [0, 0.1) is 6.92 Å². The summed E-state index contributed by atoms with van der Waals surface area (Å²) in [6, 6.07) is 25.0. The highest BCUT2D eigenvalue weighted by Crippen LogP contribution is 2.29. The number of nitrogens with zero attached hydrogens (tertiary/aromatic N) is 1. The lowest BCUT2D eigenvalue weighted by Gasteiger charge is -2.17. The molecule has 0 saturated heterocycles.